The summed E-state index contributed by atoms with van der Waals surface area (Å²) in [7, 11) is 0. The molecule has 2 N–H and O–H groups in total. The molecule has 1 aromatic carbocycles. The Labute approximate surface area is 161 Å². The third-order valence-corrected chi connectivity index (χ3v) is 4.38. The van der Waals surface area contributed by atoms with Gasteiger partial charge in [0.1, 0.15) is 5.75 Å². The standard InChI is InChI=1S/C21H30N2O4/c1-4-7-10-14-27-17-13-9-8-12-15(17)19-18(20(24)26-6-3)16(11-5-2)22-21(25)23-19/h8-9,12-13,19H,4-7,10-11,14H2,1-3H3,(H2,22,23,25). The van der Waals surface area contributed by atoms with Crippen LogP contribution in [-0.4, -0.2) is 25.2 Å². The van der Waals surface area contributed by atoms with Crippen molar-refractivity contribution in [3.8, 4) is 5.75 Å². The lowest BCUT2D eigenvalue weighted by Gasteiger charge is -2.30. The number of carbonyl (C=O) groups is 2. The van der Waals surface area contributed by atoms with Crippen LogP contribution in [0.2, 0.25) is 0 Å². The zero-order valence-corrected chi connectivity index (χ0v) is 16.5. The lowest BCUT2D eigenvalue weighted by molar-refractivity contribution is -0.139. The van der Waals surface area contributed by atoms with Gasteiger partial charge < -0.3 is 20.1 Å². The van der Waals surface area contributed by atoms with Crippen molar-refractivity contribution in [1.29, 1.82) is 0 Å². The van der Waals surface area contributed by atoms with E-state index in [-0.39, 0.29) is 12.6 Å². The maximum Gasteiger partial charge on any atom is 0.338 e. The molecule has 0 saturated heterocycles. The number of esters is 1. The molecule has 6 heteroatoms. The molecule has 1 unspecified atom stereocenters. The van der Waals surface area contributed by atoms with Crippen molar-refractivity contribution < 1.29 is 19.1 Å². The Balaban J connectivity index is 2.39. The number of nitrogens with one attached hydrogen (secondary N) is 2. The first-order valence-corrected chi connectivity index (χ1v) is 9.81. The number of hydrogen-bond donors (Lipinski definition) is 2. The molecule has 1 heterocycles. The lowest BCUT2D eigenvalue weighted by Crippen LogP contribution is -2.46. The number of para-hydroxylation sites is 1. The molecule has 0 fully saturated rings. The summed E-state index contributed by atoms with van der Waals surface area (Å²) < 4.78 is 11.2. The van der Waals surface area contributed by atoms with E-state index < -0.39 is 12.0 Å². The van der Waals surface area contributed by atoms with Crippen LogP contribution in [0.3, 0.4) is 0 Å². The normalized spacial score (nSPS) is 16.6. The predicted octanol–water partition coefficient (Wildman–Crippen LogP) is 4.23. The molecule has 0 bridgehead atoms. The maximum absolute atomic E-state index is 12.7. The highest BCUT2D eigenvalue weighted by atomic mass is 16.5. The van der Waals surface area contributed by atoms with E-state index in [0.717, 1.165) is 31.2 Å². The summed E-state index contributed by atoms with van der Waals surface area (Å²) in [5.74, 6) is 0.262. The first-order valence-electron chi connectivity index (χ1n) is 9.81. The van der Waals surface area contributed by atoms with Crippen LogP contribution in [0.5, 0.6) is 5.75 Å². The summed E-state index contributed by atoms with van der Waals surface area (Å²) in [4.78, 5) is 24.9. The molecule has 0 aromatic heterocycles. The molecule has 0 saturated carbocycles. The van der Waals surface area contributed by atoms with E-state index in [4.69, 9.17) is 9.47 Å². The number of allylic oxidation sites excluding steroid dienone is 1. The quantitative estimate of drug-likeness (QED) is 0.475. The van der Waals surface area contributed by atoms with Crippen molar-refractivity contribution in [3.63, 3.8) is 0 Å². The van der Waals surface area contributed by atoms with Gasteiger partial charge in [0.2, 0.25) is 0 Å². The topological polar surface area (TPSA) is 76.7 Å². The summed E-state index contributed by atoms with van der Waals surface area (Å²) in [5, 5.41) is 5.64. The summed E-state index contributed by atoms with van der Waals surface area (Å²) >= 11 is 0. The smallest absolute Gasteiger partial charge is 0.338 e. The first-order chi connectivity index (χ1) is 13.1. The molecule has 1 aromatic rings. The Bertz CT molecular complexity index is 685. The maximum atomic E-state index is 12.7. The van der Waals surface area contributed by atoms with Gasteiger partial charge in [0.25, 0.3) is 0 Å². The number of unbranched alkanes of at least 4 members (excludes halogenated alkanes) is 2. The molecule has 1 aliphatic heterocycles. The molecule has 2 rings (SSSR count). The van der Waals surface area contributed by atoms with Gasteiger partial charge in [0.15, 0.2) is 0 Å². The fourth-order valence-electron chi connectivity index (χ4n) is 3.13. The molecule has 27 heavy (non-hydrogen) atoms. The first kappa shape index (κ1) is 20.8. The van der Waals surface area contributed by atoms with Gasteiger partial charge >= 0.3 is 12.0 Å². The van der Waals surface area contributed by atoms with Crippen molar-refractivity contribution in [2.24, 2.45) is 0 Å². The van der Waals surface area contributed by atoms with E-state index in [0.29, 0.717) is 30.0 Å². The number of carbonyl (C=O) groups excluding carboxylic acids is 2. The van der Waals surface area contributed by atoms with Crippen LogP contribution in [0.1, 0.15) is 64.5 Å². The highest BCUT2D eigenvalue weighted by molar-refractivity contribution is 5.95. The Morgan fingerprint density at radius 3 is 2.59 bits per heavy atom. The fourth-order valence-corrected chi connectivity index (χ4v) is 3.13. The number of ether oxygens (including phenoxy) is 2. The monoisotopic (exact) mass is 374 g/mol. The molecule has 1 aliphatic rings. The van der Waals surface area contributed by atoms with Gasteiger partial charge in [-0.15, -0.1) is 0 Å². The van der Waals surface area contributed by atoms with Crippen molar-refractivity contribution in [3.05, 3.63) is 41.1 Å². The van der Waals surface area contributed by atoms with Crippen LogP contribution in [0.15, 0.2) is 35.5 Å². The third kappa shape index (κ3) is 5.49. The van der Waals surface area contributed by atoms with Crippen LogP contribution in [0.4, 0.5) is 4.79 Å². The van der Waals surface area contributed by atoms with Crippen molar-refractivity contribution >= 4 is 12.0 Å². The number of amides is 2. The second-order valence-corrected chi connectivity index (χ2v) is 6.49. The third-order valence-electron chi connectivity index (χ3n) is 4.38. The summed E-state index contributed by atoms with van der Waals surface area (Å²) in [6.45, 7) is 6.79. The van der Waals surface area contributed by atoms with Gasteiger partial charge in [-0.2, -0.15) is 0 Å². The molecule has 6 nitrogen and oxygen atoms in total. The van der Waals surface area contributed by atoms with E-state index >= 15 is 0 Å². The van der Waals surface area contributed by atoms with Gasteiger partial charge in [0, 0.05) is 11.3 Å². The largest absolute Gasteiger partial charge is 0.493 e. The average molecular weight is 374 g/mol. The Hall–Kier alpha value is -2.50. The van der Waals surface area contributed by atoms with Crippen LogP contribution < -0.4 is 15.4 Å². The summed E-state index contributed by atoms with van der Waals surface area (Å²) in [6.07, 6.45) is 4.58. The molecular formula is C21H30N2O4. The number of rotatable bonds is 10. The van der Waals surface area contributed by atoms with Gasteiger partial charge in [0.05, 0.1) is 24.8 Å². The second-order valence-electron chi connectivity index (χ2n) is 6.49. The molecule has 2 amide bonds. The molecule has 148 valence electrons. The highest BCUT2D eigenvalue weighted by Gasteiger charge is 2.34. The summed E-state index contributed by atoms with van der Waals surface area (Å²) in [6, 6.07) is 6.61. The number of benzene rings is 1. The fraction of sp³-hybridized carbons (Fsp3) is 0.524. The van der Waals surface area contributed by atoms with E-state index in [1.54, 1.807) is 6.92 Å². The second kappa shape index (κ2) is 10.6. The van der Waals surface area contributed by atoms with Gasteiger partial charge in [-0.1, -0.05) is 51.3 Å². The minimum atomic E-state index is -0.596. The summed E-state index contributed by atoms with van der Waals surface area (Å²) in [5.41, 5.74) is 1.83. The predicted molar refractivity (Wildman–Crippen MR) is 104 cm³/mol. The van der Waals surface area contributed by atoms with Crippen LogP contribution in [0, 0.1) is 0 Å². The number of hydrogen-bond acceptors (Lipinski definition) is 4. The molecule has 0 spiro atoms. The van der Waals surface area contributed by atoms with E-state index in [2.05, 4.69) is 17.6 Å². The zero-order chi connectivity index (χ0) is 19.6. The molecular weight excluding hydrogens is 344 g/mol. The molecule has 0 radical (unpaired) electrons. The average Bonchev–Trinajstić information content (AvgIpc) is 2.65. The minimum Gasteiger partial charge on any atom is -0.493 e. The van der Waals surface area contributed by atoms with Gasteiger partial charge in [-0.25, -0.2) is 9.59 Å². The van der Waals surface area contributed by atoms with Crippen LogP contribution in [0.25, 0.3) is 0 Å². The van der Waals surface area contributed by atoms with Gasteiger partial charge in [-0.3, -0.25) is 0 Å². The SMILES string of the molecule is CCCCCOc1ccccc1C1NC(=O)NC(CCC)=C1C(=O)OCC. The Morgan fingerprint density at radius 2 is 1.89 bits per heavy atom. The van der Waals surface area contributed by atoms with E-state index in [1.807, 2.05) is 31.2 Å². The van der Waals surface area contributed by atoms with E-state index in [9.17, 15) is 9.59 Å². The lowest BCUT2D eigenvalue weighted by atomic mass is 9.93. The molecule has 1 atom stereocenters. The van der Waals surface area contributed by atoms with E-state index in [1.165, 1.54) is 0 Å². The zero-order valence-electron chi connectivity index (χ0n) is 16.5. The van der Waals surface area contributed by atoms with Crippen molar-refractivity contribution in [2.75, 3.05) is 13.2 Å². The van der Waals surface area contributed by atoms with Gasteiger partial charge in [-0.05, 0) is 25.8 Å². The van der Waals surface area contributed by atoms with Crippen LogP contribution >= 0.6 is 0 Å². The minimum absolute atomic E-state index is 0.275. The Kier molecular flexibility index (Phi) is 8.17. The highest BCUT2D eigenvalue weighted by Crippen LogP contribution is 2.34. The molecule has 0 aliphatic carbocycles. The van der Waals surface area contributed by atoms with Crippen LogP contribution in [-0.2, 0) is 9.53 Å². The van der Waals surface area contributed by atoms with Crippen molar-refractivity contribution in [1.82, 2.24) is 10.6 Å². The Morgan fingerprint density at radius 1 is 1.11 bits per heavy atom. The van der Waals surface area contributed by atoms with Crippen molar-refractivity contribution in [2.45, 2.75) is 58.9 Å². The number of urea groups is 1.